The van der Waals surface area contributed by atoms with Crippen LogP contribution in [0.25, 0.3) is 0 Å². The molecule has 0 saturated heterocycles. The molecule has 0 aliphatic carbocycles. The normalized spacial score (nSPS) is 11.0. The average Bonchev–Trinajstić information content (AvgIpc) is 2.75. The van der Waals surface area contributed by atoms with Gasteiger partial charge in [-0.15, -0.1) is 0 Å². The van der Waals surface area contributed by atoms with Crippen molar-refractivity contribution in [3.8, 4) is 0 Å². The number of hydrogen-bond donors (Lipinski definition) is 2. The van der Waals surface area contributed by atoms with Crippen LogP contribution >= 0.6 is 11.6 Å². The van der Waals surface area contributed by atoms with Crippen LogP contribution in [-0.2, 0) is 14.8 Å². The van der Waals surface area contributed by atoms with E-state index in [0.29, 0.717) is 11.4 Å². The highest BCUT2D eigenvalue weighted by Crippen LogP contribution is 2.26. The van der Waals surface area contributed by atoms with Gasteiger partial charge in [0.15, 0.2) is 0 Å². The summed E-state index contributed by atoms with van der Waals surface area (Å²) in [5, 5.41) is 2.62. The molecule has 0 aliphatic rings. The van der Waals surface area contributed by atoms with Crippen LogP contribution in [0.2, 0.25) is 5.02 Å². The number of esters is 1. The summed E-state index contributed by atoms with van der Waals surface area (Å²) < 4.78 is 33.1. The van der Waals surface area contributed by atoms with Gasteiger partial charge in [0.05, 0.1) is 17.2 Å². The summed E-state index contributed by atoms with van der Waals surface area (Å²) in [6, 6.07) is 17.0. The number of nitrogens with one attached hydrogen (secondary N) is 2. The first kappa shape index (κ1) is 23.3. The Hall–Kier alpha value is -3.36. The number of carbonyl (C=O) groups is 2. The lowest BCUT2D eigenvalue weighted by molar-refractivity contribution is 0.0526. The fraction of sp³-hybridized carbons (Fsp3) is 0.130. The fourth-order valence-electron chi connectivity index (χ4n) is 2.82. The van der Waals surface area contributed by atoms with Gasteiger partial charge in [0, 0.05) is 16.9 Å². The molecule has 7 nitrogen and oxygen atoms in total. The lowest BCUT2D eigenvalue weighted by atomic mass is 10.1. The molecule has 2 N–H and O–H groups in total. The third kappa shape index (κ3) is 5.66. The summed E-state index contributed by atoms with van der Waals surface area (Å²) in [4.78, 5) is 24.4. The zero-order chi connectivity index (χ0) is 23.3. The van der Waals surface area contributed by atoms with Crippen molar-refractivity contribution >= 4 is 44.9 Å². The van der Waals surface area contributed by atoms with E-state index in [4.69, 9.17) is 16.3 Å². The largest absolute Gasteiger partial charge is 0.462 e. The van der Waals surface area contributed by atoms with E-state index in [-0.39, 0.29) is 27.7 Å². The van der Waals surface area contributed by atoms with Gasteiger partial charge in [-0.25, -0.2) is 13.2 Å². The number of amides is 1. The van der Waals surface area contributed by atoms with Gasteiger partial charge in [-0.1, -0.05) is 35.4 Å². The van der Waals surface area contributed by atoms with E-state index >= 15 is 0 Å². The van der Waals surface area contributed by atoms with E-state index in [2.05, 4.69) is 10.0 Å². The number of ether oxygens (including phenoxy) is 1. The molecule has 3 aromatic rings. The second-order valence-corrected chi connectivity index (χ2v) is 8.93. The topological polar surface area (TPSA) is 102 Å². The highest BCUT2D eigenvalue weighted by atomic mass is 35.5. The summed E-state index contributed by atoms with van der Waals surface area (Å²) in [5.74, 6) is -1.07. The molecule has 0 fully saturated rings. The third-order valence-corrected chi connectivity index (χ3v) is 6.28. The maximum atomic E-state index is 12.8. The van der Waals surface area contributed by atoms with Crippen molar-refractivity contribution < 1.29 is 22.7 Å². The first-order chi connectivity index (χ1) is 15.2. The molecule has 0 aliphatic heterocycles. The van der Waals surface area contributed by atoms with Crippen molar-refractivity contribution in [2.45, 2.75) is 18.7 Å². The second kappa shape index (κ2) is 9.84. The van der Waals surface area contributed by atoms with Crippen molar-refractivity contribution in [2.75, 3.05) is 16.6 Å². The SMILES string of the molecule is CCOC(=O)c1cccc(NC(=O)c2ccc(Cl)c(S(=O)(=O)Nc3ccc(C)cc3)c2)c1. The van der Waals surface area contributed by atoms with Crippen molar-refractivity contribution in [2.24, 2.45) is 0 Å². The molecule has 3 rings (SSSR count). The number of carbonyl (C=O) groups excluding carboxylic acids is 2. The molecule has 0 heterocycles. The number of rotatable bonds is 7. The molecule has 0 bridgehead atoms. The average molecular weight is 473 g/mol. The molecule has 0 unspecified atom stereocenters. The second-order valence-electron chi connectivity index (χ2n) is 6.87. The van der Waals surface area contributed by atoms with E-state index < -0.39 is 21.9 Å². The molecule has 0 aromatic heterocycles. The van der Waals surface area contributed by atoms with Gasteiger partial charge >= 0.3 is 5.97 Å². The van der Waals surface area contributed by atoms with Crippen molar-refractivity contribution in [1.82, 2.24) is 0 Å². The summed E-state index contributed by atoms with van der Waals surface area (Å²) in [7, 11) is -4.03. The van der Waals surface area contributed by atoms with Crippen LogP contribution in [0.15, 0.2) is 71.6 Å². The zero-order valence-electron chi connectivity index (χ0n) is 17.4. The molecule has 0 saturated carbocycles. The number of anilines is 2. The first-order valence-corrected chi connectivity index (χ1v) is 11.5. The highest BCUT2D eigenvalue weighted by Gasteiger charge is 2.21. The number of hydrogen-bond acceptors (Lipinski definition) is 5. The number of aryl methyl sites for hydroxylation is 1. The molecular weight excluding hydrogens is 452 g/mol. The van der Waals surface area contributed by atoms with Crippen molar-refractivity contribution in [1.29, 1.82) is 0 Å². The van der Waals surface area contributed by atoms with Crippen molar-refractivity contribution in [3.63, 3.8) is 0 Å². The van der Waals surface area contributed by atoms with Gasteiger partial charge < -0.3 is 10.1 Å². The molecule has 3 aromatic carbocycles. The van der Waals surface area contributed by atoms with Gasteiger partial charge in [0.1, 0.15) is 4.90 Å². The number of sulfonamides is 1. The molecule has 1 amide bonds. The predicted molar refractivity (Wildman–Crippen MR) is 124 cm³/mol. The van der Waals surface area contributed by atoms with Gasteiger partial charge in [0.2, 0.25) is 0 Å². The van der Waals surface area contributed by atoms with Crippen LogP contribution in [0.4, 0.5) is 11.4 Å². The van der Waals surface area contributed by atoms with Crippen LogP contribution in [0.3, 0.4) is 0 Å². The summed E-state index contributed by atoms with van der Waals surface area (Å²) in [5.41, 5.74) is 2.08. The maximum Gasteiger partial charge on any atom is 0.338 e. The lowest BCUT2D eigenvalue weighted by Gasteiger charge is -2.12. The highest BCUT2D eigenvalue weighted by molar-refractivity contribution is 7.92. The van der Waals surface area contributed by atoms with Crippen LogP contribution in [0.5, 0.6) is 0 Å². The van der Waals surface area contributed by atoms with Crippen LogP contribution < -0.4 is 10.0 Å². The standard InChI is InChI=1S/C23H21ClN2O5S/c1-3-31-23(28)17-5-4-6-19(13-17)25-22(27)16-9-12-20(24)21(14-16)32(29,30)26-18-10-7-15(2)8-11-18/h4-14,26H,3H2,1-2H3,(H,25,27). The minimum atomic E-state index is -4.03. The molecule has 0 spiro atoms. The van der Waals surface area contributed by atoms with Crippen LogP contribution in [0.1, 0.15) is 33.2 Å². The lowest BCUT2D eigenvalue weighted by Crippen LogP contribution is -2.16. The van der Waals surface area contributed by atoms with Gasteiger partial charge in [-0.2, -0.15) is 0 Å². The minimum Gasteiger partial charge on any atom is -0.462 e. The molecule has 0 atom stereocenters. The molecular formula is C23H21ClN2O5S. The molecule has 0 radical (unpaired) electrons. The Kier molecular flexibility index (Phi) is 7.17. The van der Waals surface area contributed by atoms with Crippen molar-refractivity contribution in [3.05, 3.63) is 88.4 Å². The summed E-state index contributed by atoms with van der Waals surface area (Å²) in [6.45, 7) is 3.82. The smallest absolute Gasteiger partial charge is 0.338 e. The van der Waals surface area contributed by atoms with E-state index in [1.165, 1.54) is 24.3 Å². The van der Waals surface area contributed by atoms with Crippen LogP contribution in [-0.4, -0.2) is 26.9 Å². The molecule has 9 heteroatoms. The molecule has 32 heavy (non-hydrogen) atoms. The van der Waals surface area contributed by atoms with E-state index in [0.717, 1.165) is 5.56 Å². The Bertz CT molecular complexity index is 1260. The van der Waals surface area contributed by atoms with E-state index in [1.54, 1.807) is 49.4 Å². The minimum absolute atomic E-state index is 0.0227. The molecule has 166 valence electrons. The van der Waals surface area contributed by atoms with E-state index in [9.17, 15) is 18.0 Å². The monoisotopic (exact) mass is 472 g/mol. The Labute approximate surface area is 191 Å². The Morgan fingerprint density at radius 3 is 2.34 bits per heavy atom. The third-order valence-electron chi connectivity index (χ3n) is 4.42. The maximum absolute atomic E-state index is 12.8. The number of benzene rings is 3. The van der Waals surface area contributed by atoms with Gasteiger partial charge in [0.25, 0.3) is 15.9 Å². The summed E-state index contributed by atoms with van der Waals surface area (Å²) in [6.07, 6.45) is 0. The predicted octanol–water partition coefficient (Wildman–Crippen LogP) is 4.88. The van der Waals surface area contributed by atoms with E-state index in [1.807, 2.05) is 6.92 Å². The fourth-order valence-corrected chi connectivity index (χ4v) is 4.41. The summed E-state index contributed by atoms with van der Waals surface area (Å²) >= 11 is 6.12. The van der Waals surface area contributed by atoms with Gasteiger partial charge in [-0.05, 0) is 62.4 Å². The first-order valence-electron chi connectivity index (χ1n) is 9.67. The quantitative estimate of drug-likeness (QED) is 0.477. The Morgan fingerprint density at radius 1 is 0.938 bits per heavy atom. The number of halogens is 1. The van der Waals surface area contributed by atoms with Gasteiger partial charge in [-0.3, -0.25) is 9.52 Å². The Morgan fingerprint density at radius 2 is 1.66 bits per heavy atom. The Balaban J connectivity index is 1.83. The van der Waals surface area contributed by atoms with Crippen LogP contribution in [0, 0.1) is 6.92 Å². The zero-order valence-corrected chi connectivity index (χ0v) is 19.0.